The second-order valence-electron chi connectivity index (χ2n) is 2.25. The zero-order valence-corrected chi connectivity index (χ0v) is 6.01. The van der Waals surface area contributed by atoms with Crippen molar-refractivity contribution in [2.24, 2.45) is 0 Å². The quantitative estimate of drug-likeness (QED) is 0.661. The second kappa shape index (κ2) is 2.30. The fourth-order valence-corrected chi connectivity index (χ4v) is 1.01. The molecule has 0 spiro atoms. The Kier molecular flexibility index (Phi) is 1.30. The molecule has 5 nitrogen and oxygen atoms in total. The Hall–Kier alpha value is -1.91. The lowest BCUT2D eigenvalue weighted by Gasteiger charge is -1.89. The van der Waals surface area contributed by atoms with E-state index in [9.17, 15) is 4.79 Å². The van der Waals surface area contributed by atoms with Crippen molar-refractivity contribution in [3.63, 3.8) is 0 Å². The van der Waals surface area contributed by atoms with E-state index in [0.29, 0.717) is 5.52 Å². The topological polar surface area (TPSA) is 67.5 Å². The number of carboxylic acid groups (broad SMARTS) is 1. The first-order chi connectivity index (χ1) is 5.79. The Balaban J connectivity index is 2.79. The molecule has 0 unspecified atom stereocenters. The molecule has 5 heteroatoms. The smallest absolute Gasteiger partial charge is 0.356 e. The van der Waals surface area contributed by atoms with E-state index in [2.05, 4.69) is 10.1 Å². The van der Waals surface area contributed by atoms with Crippen LogP contribution >= 0.6 is 0 Å². The predicted molar refractivity (Wildman–Crippen MR) is 39.9 cm³/mol. The number of hydrogen-bond acceptors (Lipinski definition) is 3. The molecule has 2 aromatic heterocycles. The van der Waals surface area contributed by atoms with Gasteiger partial charge < -0.3 is 5.11 Å². The first-order valence-corrected chi connectivity index (χ1v) is 3.30. The molecule has 60 valence electrons. The molecule has 0 aliphatic heterocycles. The fourth-order valence-electron chi connectivity index (χ4n) is 1.01. The molecule has 2 aromatic rings. The number of carbonyl (C=O) groups is 1. The van der Waals surface area contributed by atoms with E-state index in [0.717, 1.165) is 0 Å². The van der Waals surface area contributed by atoms with Gasteiger partial charge in [-0.2, -0.15) is 5.10 Å². The number of fused-ring (bicyclic) bond motifs is 1. The Bertz CT molecular complexity index is 435. The number of nitrogens with zero attached hydrogens (tertiary/aromatic N) is 3. The highest BCUT2D eigenvalue weighted by molar-refractivity contribution is 5.93. The summed E-state index contributed by atoms with van der Waals surface area (Å²) in [7, 11) is 0. The molecule has 0 saturated carbocycles. The molecule has 2 rings (SSSR count). The zero-order chi connectivity index (χ0) is 8.55. The van der Waals surface area contributed by atoms with E-state index < -0.39 is 5.97 Å². The number of aromatic carboxylic acids is 1. The van der Waals surface area contributed by atoms with Gasteiger partial charge in [0.2, 0.25) is 0 Å². The maximum absolute atomic E-state index is 10.6. The Morgan fingerprint density at radius 2 is 2.42 bits per heavy atom. The van der Waals surface area contributed by atoms with Crippen LogP contribution in [0.3, 0.4) is 0 Å². The maximum atomic E-state index is 10.6. The summed E-state index contributed by atoms with van der Waals surface area (Å²) in [4.78, 5) is 14.3. The predicted octanol–water partition coefficient (Wildman–Crippen LogP) is 0.427. The molecule has 2 heterocycles. The van der Waals surface area contributed by atoms with Crippen LogP contribution in [0, 0.1) is 0 Å². The summed E-state index contributed by atoms with van der Waals surface area (Å²) in [5.74, 6) is -1.04. The molecule has 1 N–H and O–H groups in total. The SMILES string of the molecule is O=C(O)c1ncn2ncccc12. The highest BCUT2D eigenvalue weighted by atomic mass is 16.4. The Morgan fingerprint density at radius 3 is 3.17 bits per heavy atom. The van der Waals surface area contributed by atoms with Crippen molar-refractivity contribution in [2.75, 3.05) is 0 Å². The lowest BCUT2D eigenvalue weighted by atomic mass is 10.3. The Labute approximate surface area is 67.3 Å². The van der Waals surface area contributed by atoms with Crippen molar-refractivity contribution in [1.29, 1.82) is 0 Å². The standard InChI is InChI=1S/C7H5N3O2/c11-7(12)6-5-2-1-3-9-10(5)4-8-6/h1-4H,(H,11,12). The van der Waals surface area contributed by atoms with E-state index >= 15 is 0 Å². The molecule has 0 amide bonds. The van der Waals surface area contributed by atoms with Gasteiger partial charge in [0.05, 0.1) is 5.52 Å². The van der Waals surface area contributed by atoms with E-state index in [1.807, 2.05) is 0 Å². The summed E-state index contributed by atoms with van der Waals surface area (Å²) < 4.78 is 1.42. The summed E-state index contributed by atoms with van der Waals surface area (Å²) in [5.41, 5.74) is 0.535. The van der Waals surface area contributed by atoms with Gasteiger partial charge in [0, 0.05) is 6.20 Å². The Morgan fingerprint density at radius 1 is 1.58 bits per heavy atom. The van der Waals surface area contributed by atoms with Crippen LogP contribution in [0.4, 0.5) is 0 Å². The minimum absolute atomic E-state index is 0.0306. The molecule has 0 saturated heterocycles. The lowest BCUT2D eigenvalue weighted by Crippen LogP contribution is -1.97. The second-order valence-corrected chi connectivity index (χ2v) is 2.25. The fraction of sp³-hybridized carbons (Fsp3) is 0. The molecule has 0 radical (unpaired) electrons. The number of carboxylic acids is 1. The molecule has 12 heavy (non-hydrogen) atoms. The number of rotatable bonds is 1. The first kappa shape index (κ1) is 6.78. The summed E-state index contributed by atoms with van der Waals surface area (Å²) in [6.07, 6.45) is 2.94. The normalized spacial score (nSPS) is 10.3. The highest BCUT2D eigenvalue weighted by Gasteiger charge is 2.10. The molecule has 0 bridgehead atoms. The van der Waals surface area contributed by atoms with Gasteiger partial charge >= 0.3 is 5.97 Å². The van der Waals surface area contributed by atoms with E-state index in [-0.39, 0.29) is 5.69 Å². The molecular formula is C7H5N3O2. The van der Waals surface area contributed by atoms with Crippen LogP contribution in [0.5, 0.6) is 0 Å². The third-order valence-electron chi connectivity index (χ3n) is 1.52. The highest BCUT2D eigenvalue weighted by Crippen LogP contribution is 2.06. The van der Waals surface area contributed by atoms with Gasteiger partial charge in [-0.1, -0.05) is 0 Å². The van der Waals surface area contributed by atoms with Crippen LogP contribution in [0.25, 0.3) is 5.52 Å². The molecular weight excluding hydrogens is 158 g/mol. The van der Waals surface area contributed by atoms with Crippen molar-refractivity contribution < 1.29 is 9.90 Å². The molecule has 0 fully saturated rings. The van der Waals surface area contributed by atoms with E-state index in [1.165, 1.54) is 10.8 Å². The van der Waals surface area contributed by atoms with Crippen LogP contribution in [0.15, 0.2) is 24.7 Å². The van der Waals surface area contributed by atoms with Gasteiger partial charge in [-0.15, -0.1) is 0 Å². The minimum atomic E-state index is -1.04. The van der Waals surface area contributed by atoms with Crippen molar-refractivity contribution in [3.8, 4) is 0 Å². The summed E-state index contributed by atoms with van der Waals surface area (Å²) >= 11 is 0. The monoisotopic (exact) mass is 163 g/mol. The van der Waals surface area contributed by atoms with E-state index in [1.54, 1.807) is 18.3 Å². The van der Waals surface area contributed by atoms with E-state index in [4.69, 9.17) is 5.11 Å². The zero-order valence-electron chi connectivity index (χ0n) is 6.01. The third-order valence-corrected chi connectivity index (χ3v) is 1.52. The summed E-state index contributed by atoms with van der Waals surface area (Å²) in [6.45, 7) is 0. The third kappa shape index (κ3) is 0.833. The molecule has 0 aromatic carbocycles. The molecule has 0 aliphatic carbocycles. The van der Waals surface area contributed by atoms with Crippen LogP contribution < -0.4 is 0 Å². The van der Waals surface area contributed by atoms with Crippen LogP contribution in [-0.4, -0.2) is 25.7 Å². The van der Waals surface area contributed by atoms with Gasteiger partial charge in [-0.3, -0.25) is 0 Å². The van der Waals surface area contributed by atoms with Crippen molar-refractivity contribution >= 4 is 11.5 Å². The number of imidazole rings is 1. The summed E-state index contributed by atoms with van der Waals surface area (Å²) in [6, 6.07) is 3.33. The average Bonchev–Trinajstić information content (AvgIpc) is 2.47. The maximum Gasteiger partial charge on any atom is 0.356 e. The minimum Gasteiger partial charge on any atom is -0.476 e. The van der Waals surface area contributed by atoms with Gasteiger partial charge in [-0.05, 0) is 12.1 Å². The van der Waals surface area contributed by atoms with Crippen molar-refractivity contribution in [3.05, 3.63) is 30.4 Å². The van der Waals surface area contributed by atoms with Crippen LogP contribution in [-0.2, 0) is 0 Å². The lowest BCUT2D eigenvalue weighted by molar-refractivity contribution is 0.0693. The largest absolute Gasteiger partial charge is 0.476 e. The van der Waals surface area contributed by atoms with Crippen molar-refractivity contribution in [1.82, 2.24) is 14.6 Å². The van der Waals surface area contributed by atoms with Crippen LogP contribution in [0.2, 0.25) is 0 Å². The number of hydrogen-bond donors (Lipinski definition) is 1. The number of aromatic nitrogens is 3. The van der Waals surface area contributed by atoms with Gasteiger partial charge in [0.1, 0.15) is 6.33 Å². The molecule has 0 aliphatic rings. The average molecular weight is 163 g/mol. The van der Waals surface area contributed by atoms with Gasteiger partial charge in [-0.25, -0.2) is 14.3 Å². The van der Waals surface area contributed by atoms with Gasteiger partial charge in [0.15, 0.2) is 5.69 Å². The first-order valence-electron chi connectivity index (χ1n) is 3.30. The van der Waals surface area contributed by atoms with Crippen molar-refractivity contribution in [2.45, 2.75) is 0 Å². The molecule has 0 atom stereocenters. The van der Waals surface area contributed by atoms with Gasteiger partial charge in [0.25, 0.3) is 0 Å². The summed E-state index contributed by atoms with van der Waals surface area (Å²) in [5, 5.41) is 12.5. The van der Waals surface area contributed by atoms with Crippen LogP contribution in [0.1, 0.15) is 10.5 Å².